The topological polar surface area (TPSA) is 68.3 Å². The molecule has 1 unspecified atom stereocenters. The molecule has 7 heteroatoms. The highest BCUT2D eigenvalue weighted by molar-refractivity contribution is 5.82. The van der Waals surface area contributed by atoms with Crippen molar-refractivity contribution >= 4 is 11.8 Å². The van der Waals surface area contributed by atoms with Gasteiger partial charge in [0.15, 0.2) is 11.5 Å². The summed E-state index contributed by atoms with van der Waals surface area (Å²) in [5.41, 5.74) is 1.99. The Bertz CT molecular complexity index is 721. The number of piperazine rings is 1. The lowest BCUT2D eigenvalue weighted by molar-refractivity contribution is -0.145. The van der Waals surface area contributed by atoms with E-state index in [0.717, 1.165) is 29.7 Å². The largest absolute Gasteiger partial charge is 0.486 e. The highest BCUT2D eigenvalue weighted by Crippen LogP contribution is 2.33. The molecule has 0 bridgehead atoms. The minimum absolute atomic E-state index is 0.0716. The minimum Gasteiger partial charge on any atom is -0.486 e. The van der Waals surface area contributed by atoms with Crippen molar-refractivity contribution in [3.05, 3.63) is 23.3 Å². The summed E-state index contributed by atoms with van der Waals surface area (Å²) in [6.07, 6.45) is 1.81. The number of rotatable bonds is 3. The highest BCUT2D eigenvalue weighted by Gasteiger charge is 2.31. The van der Waals surface area contributed by atoms with Crippen LogP contribution in [-0.4, -0.2) is 73.7 Å². The van der Waals surface area contributed by atoms with Crippen molar-refractivity contribution in [2.75, 3.05) is 46.0 Å². The van der Waals surface area contributed by atoms with E-state index in [1.807, 2.05) is 28.9 Å². The third-order valence-corrected chi connectivity index (χ3v) is 5.49. The predicted molar refractivity (Wildman–Crippen MR) is 98.0 cm³/mol. The Morgan fingerprint density at radius 1 is 1.00 bits per heavy atom. The summed E-state index contributed by atoms with van der Waals surface area (Å²) in [6, 6.07) is 3.86. The standard InChI is InChI=1S/C20H26N2O5/c1-14-11-17-18(27-10-9-26-17)12-15(14)13-19(23)21-4-6-22(7-5-21)20(24)16-3-2-8-25-16/h11-12,16H,2-10,13H2,1H3. The quantitative estimate of drug-likeness (QED) is 0.794. The Kier molecular flexibility index (Phi) is 5.20. The van der Waals surface area contributed by atoms with Crippen molar-refractivity contribution in [2.24, 2.45) is 0 Å². The van der Waals surface area contributed by atoms with E-state index in [9.17, 15) is 9.59 Å². The molecule has 3 aliphatic rings. The summed E-state index contributed by atoms with van der Waals surface area (Å²) in [6.45, 7) is 6.03. The average Bonchev–Trinajstić information content (AvgIpc) is 3.23. The monoisotopic (exact) mass is 374 g/mol. The SMILES string of the molecule is Cc1cc2c(cc1CC(=O)N1CCN(C(=O)C3CCCO3)CC1)OCCO2. The molecule has 1 aromatic carbocycles. The van der Waals surface area contributed by atoms with Crippen LogP contribution in [0.25, 0.3) is 0 Å². The molecule has 4 rings (SSSR count). The van der Waals surface area contributed by atoms with Crippen molar-refractivity contribution in [2.45, 2.75) is 32.3 Å². The van der Waals surface area contributed by atoms with Gasteiger partial charge in [-0.05, 0) is 43.0 Å². The van der Waals surface area contributed by atoms with Crippen LogP contribution in [0.1, 0.15) is 24.0 Å². The molecule has 0 spiro atoms. The zero-order valence-corrected chi connectivity index (χ0v) is 15.7. The normalized spacial score (nSPS) is 22.0. The Labute approximate surface area is 159 Å². The van der Waals surface area contributed by atoms with E-state index in [-0.39, 0.29) is 17.9 Å². The summed E-state index contributed by atoms with van der Waals surface area (Å²) in [5, 5.41) is 0. The zero-order valence-electron chi connectivity index (χ0n) is 15.7. The second-order valence-corrected chi connectivity index (χ2v) is 7.31. The van der Waals surface area contributed by atoms with Crippen molar-refractivity contribution in [1.29, 1.82) is 0 Å². The molecule has 1 aromatic rings. The third kappa shape index (κ3) is 3.88. The van der Waals surface area contributed by atoms with Gasteiger partial charge in [-0.1, -0.05) is 0 Å². The Hall–Kier alpha value is -2.28. The number of ether oxygens (including phenoxy) is 3. The average molecular weight is 374 g/mol. The van der Waals surface area contributed by atoms with E-state index in [1.54, 1.807) is 0 Å². The fourth-order valence-electron chi connectivity index (χ4n) is 3.85. The van der Waals surface area contributed by atoms with Gasteiger partial charge in [0.25, 0.3) is 5.91 Å². The van der Waals surface area contributed by atoms with E-state index in [0.29, 0.717) is 58.2 Å². The van der Waals surface area contributed by atoms with Crippen molar-refractivity contribution in [3.8, 4) is 11.5 Å². The smallest absolute Gasteiger partial charge is 0.251 e. The molecule has 0 aromatic heterocycles. The van der Waals surface area contributed by atoms with Gasteiger partial charge in [-0.2, -0.15) is 0 Å². The van der Waals surface area contributed by atoms with Crippen molar-refractivity contribution in [1.82, 2.24) is 9.80 Å². The van der Waals surface area contributed by atoms with Crippen LogP contribution in [0.4, 0.5) is 0 Å². The first-order valence-corrected chi connectivity index (χ1v) is 9.69. The summed E-state index contributed by atoms with van der Waals surface area (Å²) in [4.78, 5) is 28.8. The van der Waals surface area contributed by atoms with Crippen LogP contribution < -0.4 is 9.47 Å². The van der Waals surface area contributed by atoms with Gasteiger partial charge in [0.2, 0.25) is 5.91 Å². The van der Waals surface area contributed by atoms with Crippen molar-refractivity contribution < 1.29 is 23.8 Å². The third-order valence-electron chi connectivity index (χ3n) is 5.49. The van der Waals surface area contributed by atoms with E-state index < -0.39 is 0 Å². The van der Waals surface area contributed by atoms with Gasteiger partial charge in [0.05, 0.1) is 6.42 Å². The van der Waals surface area contributed by atoms with Crippen LogP contribution in [0, 0.1) is 6.92 Å². The Morgan fingerprint density at radius 3 is 2.33 bits per heavy atom. The maximum Gasteiger partial charge on any atom is 0.251 e. The van der Waals surface area contributed by atoms with E-state index in [4.69, 9.17) is 14.2 Å². The van der Waals surface area contributed by atoms with Gasteiger partial charge in [-0.15, -0.1) is 0 Å². The minimum atomic E-state index is -0.285. The van der Waals surface area contributed by atoms with E-state index in [2.05, 4.69) is 0 Å². The van der Waals surface area contributed by atoms with Crippen LogP contribution >= 0.6 is 0 Å². The lowest BCUT2D eigenvalue weighted by atomic mass is 10.0. The van der Waals surface area contributed by atoms with E-state index >= 15 is 0 Å². The number of carbonyl (C=O) groups is 2. The first-order chi connectivity index (χ1) is 13.1. The molecule has 3 aliphatic heterocycles. The molecule has 2 saturated heterocycles. The van der Waals surface area contributed by atoms with Crippen LogP contribution in [0.2, 0.25) is 0 Å². The summed E-state index contributed by atoms with van der Waals surface area (Å²) >= 11 is 0. The van der Waals surface area contributed by atoms with Crippen molar-refractivity contribution in [3.63, 3.8) is 0 Å². The van der Waals surface area contributed by atoms with E-state index in [1.165, 1.54) is 0 Å². The lowest BCUT2D eigenvalue weighted by Crippen LogP contribution is -2.53. The molecule has 0 saturated carbocycles. The lowest BCUT2D eigenvalue weighted by Gasteiger charge is -2.36. The first kappa shape index (κ1) is 18.1. The Morgan fingerprint density at radius 2 is 1.67 bits per heavy atom. The second kappa shape index (κ2) is 7.76. The van der Waals surface area contributed by atoms with Crippen LogP contribution in [0.5, 0.6) is 11.5 Å². The highest BCUT2D eigenvalue weighted by atomic mass is 16.6. The fraction of sp³-hybridized carbons (Fsp3) is 0.600. The number of carbonyl (C=O) groups excluding carboxylic acids is 2. The fourth-order valence-corrected chi connectivity index (χ4v) is 3.85. The van der Waals surface area contributed by atoms with Gasteiger partial charge in [-0.25, -0.2) is 0 Å². The number of hydrogen-bond donors (Lipinski definition) is 0. The predicted octanol–water partition coefficient (Wildman–Crippen LogP) is 1.16. The summed E-state index contributed by atoms with van der Waals surface area (Å²) in [7, 11) is 0. The van der Waals surface area contributed by atoms with Gasteiger partial charge >= 0.3 is 0 Å². The second-order valence-electron chi connectivity index (χ2n) is 7.31. The maximum absolute atomic E-state index is 12.7. The maximum atomic E-state index is 12.7. The summed E-state index contributed by atoms with van der Waals surface area (Å²) in [5.74, 6) is 1.61. The van der Waals surface area contributed by atoms with Gasteiger partial charge in [0.1, 0.15) is 19.3 Å². The molecule has 2 amide bonds. The van der Waals surface area contributed by atoms with Gasteiger partial charge in [0, 0.05) is 32.8 Å². The number of aryl methyl sites for hydroxylation is 1. The van der Waals surface area contributed by atoms with Crippen LogP contribution in [0.3, 0.4) is 0 Å². The molecule has 7 nitrogen and oxygen atoms in total. The van der Waals surface area contributed by atoms with Gasteiger partial charge < -0.3 is 24.0 Å². The van der Waals surface area contributed by atoms with Crippen LogP contribution in [0.15, 0.2) is 12.1 Å². The number of nitrogens with zero attached hydrogens (tertiary/aromatic N) is 2. The van der Waals surface area contributed by atoms with Gasteiger partial charge in [-0.3, -0.25) is 9.59 Å². The molecule has 146 valence electrons. The first-order valence-electron chi connectivity index (χ1n) is 9.69. The van der Waals surface area contributed by atoms with Crippen LogP contribution in [-0.2, 0) is 20.7 Å². The number of benzene rings is 1. The zero-order chi connectivity index (χ0) is 18.8. The number of amides is 2. The summed E-state index contributed by atoms with van der Waals surface area (Å²) < 4.78 is 16.7. The molecular weight excluding hydrogens is 348 g/mol. The molecular formula is C20H26N2O5. The molecule has 27 heavy (non-hydrogen) atoms. The molecule has 1 atom stereocenters. The molecule has 0 aliphatic carbocycles. The molecule has 0 N–H and O–H groups in total. The molecule has 3 heterocycles. The Balaban J connectivity index is 1.34. The number of fused-ring (bicyclic) bond motifs is 1. The molecule has 0 radical (unpaired) electrons. The number of hydrogen-bond acceptors (Lipinski definition) is 5. The molecule has 2 fully saturated rings.